The van der Waals surface area contributed by atoms with Gasteiger partial charge in [-0.05, 0) is 36.4 Å². The number of H-pyrrole nitrogens is 1. The number of aromatic amines is 1. The Labute approximate surface area is 173 Å². The molecule has 0 bridgehead atoms. The number of nitrogens with zero attached hydrogens (tertiary/aromatic N) is 1. The van der Waals surface area contributed by atoms with Crippen molar-refractivity contribution in [2.75, 3.05) is 18.5 Å². The van der Waals surface area contributed by atoms with Crippen LogP contribution in [0, 0.1) is 0 Å². The maximum absolute atomic E-state index is 6.24. The fraction of sp³-hybridized carbons (Fsp3) is 0.136. The zero-order valence-corrected chi connectivity index (χ0v) is 16.5. The standard InChI is InChI=1S/C22H22ClN5O/c23-14-7-8-19-17(11-14)18-12-16(27-15-5-2-1-3-6-15)13-20(21(18)28-19)29-10-4-9-26-22(24)25/h1-3,5-8,11-13,27-28H,4,9-10H2,(H4,24,25,26). The largest absolute Gasteiger partial charge is 0.491 e. The SMILES string of the molecule is NC(N)=NCCCOc1cc(Nc2ccccc2)cc2c1[nH]c1ccc(Cl)cc12. The minimum atomic E-state index is 0.0916. The molecule has 3 aromatic carbocycles. The number of benzene rings is 3. The number of nitrogens with one attached hydrogen (secondary N) is 2. The van der Waals surface area contributed by atoms with Crippen molar-refractivity contribution in [3.05, 3.63) is 65.7 Å². The van der Waals surface area contributed by atoms with Gasteiger partial charge in [-0.3, -0.25) is 4.99 Å². The van der Waals surface area contributed by atoms with Gasteiger partial charge in [-0.1, -0.05) is 29.8 Å². The van der Waals surface area contributed by atoms with Crippen LogP contribution in [0.2, 0.25) is 5.02 Å². The summed E-state index contributed by atoms with van der Waals surface area (Å²) < 4.78 is 6.08. The Balaban J connectivity index is 1.70. The molecule has 0 fully saturated rings. The normalized spacial score (nSPS) is 10.9. The van der Waals surface area contributed by atoms with E-state index in [0.717, 1.165) is 38.9 Å². The highest BCUT2D eigenvalue weighted by Crippen LogP contribution is 2.36. The van der Waals surface area contributed by atoms with Crippen LogP contribution in [-0.2, 0) is 0 Å². The quantitative estimate of drug-likeness (QED) is 0.201. The van der Waals surface area contributed by atoms with Crippen molar-refractivity contribution < 1.29 is 4.74 Å². The molecule has 0 atom stereocenters. The first-order valence-electron chi connectivity index (χ1n) is 9.35. The van der Waals surface area contributed by atoms with Crippen LogP contribution in [0.4, 0.5) is 11.4 Å². The van der Waals surface area contributed by atoms with Crippen LogP contribution in [0.1, 0.15) is 6.42 Å². The average molecular weight is 408 g/mol. The van der Waals surface area contributed by atoms with Gasteiger partial charge in [0.15, 0.2) is 5.96 Å². The van der Waals surface area contributed by atoms with Crippen LogP contribution in [-0.4, -0.2) is 24.1 Å². The van der Waals surface area contributed by atoms with E-state index in [-0.39, 0.29) is 5.96 Å². The number of aliphatic imine (C=N–C) groups is 1. The lowest BCUT2D eigenvalue weighted by Gasteiger charge is -2.11. The van der Waals surface area contributed by atoms with Crippen LogP contribution < -0.4 is 21.5 Å². The Hall–Kier alpha value is -3.38. The van der Waals surface area contributed by atoms with E-state index in [9.17, 15) is 0 Å². The Morgan fingerprint density at radius 2 is 1.83 bits per heavy atom. The van der Waals surface area contributed by atoms with Gasteiger partial charge in [0.25, 0.3) is 0 Å². The highest BCUT2D eigenvalue weighted by atomic mass is 35.5. The van der Waals surface area contributed by atoms with Crippen LogP contribution in [0.3, 0.4) is 0 Å². The number of hydrogen-bond acceptors (Lipinski definition) is 3. The maximum Gasteiger partial charge on any atom is 0.185 e. The molecule has 0 aliphatic carbocycles. The summed E-state index contributed by atoms with van der Waals surface area (Å²) in [4.78, 5) is 7.44. The predicted molar refractivity (Wildman–Crippen MR) is 121 cm³/mol. The minimum Gasteiger partial charge on any atom is -0.491 e. The van der Waals surface area contributed by atoms with Crippen molar-refractivity contribution in [2.24, 2.45) is 16.5 Å². The fourth-order valence-corrected chi connectivity index (χ4v) is 3.44. The van der Waals surface area contributed by atoms with Crippen molar-refractivity contribution >= 4 is 50.7 Å². The predicted octanol–water partition coefficient (Wildman–Crippen LogP) is 4.76. The number of hydrogen-bond donors (Lipinski definition) is 4. The van der Waals surface area contributed by atoms with Crippen LogP contribution in [0.25, 0.3) is 21.8 Å². The van der Waals surface area contributed by atoms with Gasteiger partial charge < -0.3 is 26.5 Å². The van der Waals surface area contributed by atoms with E-state index in [1.165, 1.54) is 0 Å². The van der Waals surface area contributed by atoms with E-state index in [2.05, 4.69) is 21.4 Å². The number of aromatic nitrogens is 1. The van der Waals surface area contributed by atoms with Gasteiger partial charge >= 0.3 is 0 Å². The van der Waals surface area contributed by atoms with Crippen molar-refractivity contribution in [3.8, 4) is 5.75 Å². The second kappa shape index (κ2) is 8.32. The molecule has 0 aliphatic heterocycles. The van der Waals surface area contributed by atoms with Crippen molar-refractivity contribution in [2.45, 2.75) is 6.42 Å². The van der Waals surface area contributed by atoms with Crippen molar-refractivity contribution in [3.63, 3.8) is 0 Å². The summed E-state index contributed by atoms with van der Waals surface area (Å²) in [5.74, 6) is 0.854. The zero-order valence-electron chi connectivity index (χ0n) is 15.8. The molecule has 7 heteroatoms. The van der Waals surface area contributed by atoms with Gasteiger partial charge in [-0.25, -0.2) is 0 Å². The van der Waals surface area contributed by atoms with E-state index in [4.69, 9.17) is 27.8 Å². The number of fused-ring (bicyclic) bond motifs is 3. The molecular formula is C22H22ClN5O. The van der Waals surface area contributed by atoms with Gasteiger partial charge in [-0.2, -0.15) is 0 Å². The smallest absolute Gasteiger partial charge is 0.185 e. The summed E-state index contributed by atoms with van der Waals surface area (Å²) in [6.07, 6.45) is 0.710. The maximum atomic E-state index is 6.24. The lowest BCUT2D eigenvalue weighted by molar-refractivity contribution is 0.317. The van der Waals surface area contributed by atoms with Crippen LogP contribution >= 0.6 is 11.6 Å². The molecule has 0 spiro atoms. The number of para-hydroxylation sites is 1. The summed E-state index contributed by atoms with van der Waals surface area (Å²) in [7, 11) is 0. The van der Waals surface area contributed by atoms with E-state index in [1.807, 2.05) is 54.6 Å². The number of halogens is 1. The molecule has 29 heavy (non-hydrogen) atoms. The lowest BCUT2D eigenvalue weighted by atomic mass is 10.1. The van der Waals surface area contributed by atoms with Crippen LogP contribution in [0.15, 0.2) is 65.7 Å². The summed E-state index contributed by atoms with van der Waals surface area (Å²) >= 11 is 6.24. The second-order valence-corrected chi connectivity index (χ2v) is 7.15. The highest BCUT2D eigenvalue weighted by molar-refractivity contribution is 6.32. The Morgan fingerprint density at radius 3 is 2.62 bits per heavy atom. The molecule has 6 N–H and O–H groups in total. The summed E-state index contributed by atoms with van der Waals surface area (Å²) in [6.45, 7) is 1.02. The molecule has 0 radical (unpaired) electrons. The van der Waals surface area contributed by atoms with E-state index < -0.39 is 0 Å². The van der Waals surface area contributed by atoms with E-state index >= 15 is 0 Å². The number of guanidine groups is 1. The summed E-state index contributed by atoms with van der Waals surface area (Å²) in [6, 6.07) is 19.9. The lowest BCUT2D eigenvalue weighted by Crippen LogP contribution is -2.23. The third kappa shape index (κ3) is 4.38. The molecule has 0 aliphatic rings. The van der Waals surface area contributed by atoms with Gasteiger partial charge in [0.05, 0.1) is 12.1 Å². The van der Waals surface area contributed by atoms with Crippen molar-refractivity contribution in [1.82, 2.24) is 4.98 Å². The molecule has 4 aromatic rings. The Bertz CT molecular complexity index is 1170. The molecule has 0 unspecified atom stereocenters. The van der Waals surface area contributed by atoms with Gasteiger partial charge in [0, 0.05) is 51.7 Å². The van der Waals surface area contributed by atoms with Gasteiger partial charge in [-0.15, -0.1) is 0 Å². The van der Waals surface area contributed by atoms with E-state index in [0.29, 0.717) is 24.6 Å². The summed E-state index contributed by atoms with van der Waals surface area (Å²) in [5, 5.41) is 6.23. The molecular weight excluding hydrogens is 386 g/mol. The fourth-order valence-electron chi connectivity index (χ4n) is 3.27. The molecule has 0 saturated heterocycles. The molecule has 4 rings (SSSR count). The third-order valence-corrected chi connectivity index (χ3v) is 4.79. The third-order valence-electron chi connectivity index (χ3n) is 4.55. The molecule has 0 saturated carbocycles. The van der Waals surface area contributed by atoms with Gasteiger partial charge in [0.1, 0.15) is 5.75 Å². The topological polar surface area (TPSA) is 101 Å². The highest BCUT2D eigenvalue weighted by Gasteiger charge is 2.12. The first kappa shape index (κ1) is 19.0. The molecule has 148 valence electrons. The number of ether oxygens (including phenoxy) is 1. The first-order valence-corrected chi connectivity index (χ1v) is 9.73. The number of rotatable bonds is 7. The zero-order chi connectivity index (χ0) is 20.2. The molecule has 1 aromatic heterocycles. The Morgan fingerprint density at radius 1 is 1.00 bits per heavy atom. The average Bonchev–Trinajstić information content (AvgIpc) is 3.06. The molecule has 6 nitrogen and oxygen atoms in total. The molecule has 1 heterocycles. The second-order valence-electron chi connectivity index (χ2n) is 6.71. The van der Waals surface area contributed by atoms with Crippen molar-refractivity contribution in [1.29, 1.82) is 0 Å². The first-order chi connectivity index (χ1) is 14.1. The number of nitrogens with two attached hydrogens (primary N) is 2. The van der Waals surface area contributed by atoms with Crippen LogP contribution in [0.5, 0.6) is 5.75 Å². The summed E-state index contributed by atoms with van der Waals surface area (Å²) in [5.41, 5.74) is 14.6. The molecule has 0 amide bonds. The Kier molecular flexibility index (Phi) is 5.44. The van der Waals surface area contributed by atoms with Gasteiger partial charge in [0.2, 0.25) is 0 Å². The minimum absolute atomic E-state index is 0.0916. The monoisotopic (exact) mass is 407 g/mol. The van der Waals surface area contributed by atoms with E-state index in [1.54, 1.807) is 0 Å². The number of anilines is 2.